The average molecular weight is 566 g/mol. The molecule has 2 aliphatic rings. The summed E-state index contributed by atoms with van der Waals surface area (Å²) in [5.74, 6) is 1.55. The molecule has 4 aromatic rings. The van der Waals surface area contributed by atoms with Crippen LogP contribution in [0.3, 0.4) is 0 Å². The van der Waals surface area contributed by atoms with E-state index in [1.54, 1.807) is 24.3 Å². The summed E-state index contributed by atoms with van der Waals surface area (Å²) in [5.41, 5.74) is 3.75. The van der Waals surface area contributed by atoms with Crippen molar-refractivity contribution < 1.29 is 23.0 Å². The number of benzene rings is 4. The Hall–Kier alpha value is -3.26. The lowest BCUT2D eigenvalue weighted by molar-refractivity contribution is 0.183. The number of halogens is 1. The molecule has 4 aromatic carbocycles. The van der Waals surface area contributed by atoms with Gasteiger partial charge in [-0.3, -0.25) is 4.90 Å². The molecule has 204 valence electrons. The molecule has 6 rings (SSSR count). The van der Waals surface area contributed by atoms with E-state index in [1.807, 2.05) is 48.5 Å². The third-order valence-electron chi connectivity index (χ3n) is 7.53. The fourth-order valence-corrected chi connectivity index (χ4v) is 6.18. The van der Waals surface area contributed by atoms with Gasteiger partial charge in [0.05, 0.1) is 4.90 Å². The molecule has 1 N–H and O–H groups in total. The minimum absolute atomic E-state index is 0. The van der Waals surface area contributed by atoms with Gasteiger partial charge >= 0.3 is 0 Å². The van der Waals surface area contributed by atoms with E-state index in [0.717, 1.165) is 58.4 Å². The molecule has 0 radical (unpaired) electrons. The normalized spacial score (nSPS) is 17.0. The van der Waals surface area contributed by atoms with Gasteiger partial charge in [0.25, 0.3) is 0 Å². The quantitative estimate of drug-likeness (QED) is 0.292. The monoisotopic (exact) mass is 565 g/mol. The van der Waals surface area contributed by atoms with Crippen LogP contribution in [-0.2, 0) is 9.84 Å². The number of phenols is 1. The number of piperidine rings is 1. The molecule has 0 bridgehead atoms. The van der Waals surface area contributed by atoms with Crippen LogP contribution >= 0.6 is 12.4 Å². The van der Waals surface area contributed by atoms with Gasteiger partial charge in [-0.25, -0.2) is 8.42 Å². The van der Waals surface area contributed by atoms with Crippen molar-refractivity contribution in [1.82, 2.24) is 4.90 Å². The SMILES string of the molecule is CS(=O)(=O)c1ccc2c(c1)OC(c1ccc(OCCN3CCCCC3)cc1)c1c-2ccc2cc(O)ccc12.Cl. The van der Waals surface area contributed by atoms with Crippen molar-refractivity contribution in [1.29, 1.82) is 0 Å². The van der Waals surface area contributed by atoms with Gasteiger partial charge in [-0.1, -0.05) is 36.8 Å². The predicted molar refractivity (Wildman–Crippen MR) is 156 cm³/mol. The molecular formula is C31H32ClNO5S. The summed E-state index contributed by atoms with van der Waals surface area (Å²) in [6.45, 7) is 3.88. The highest BCUT2D eigenvalue weighted by molar-refractivity contribution is 7.90. The van der Waals surface area contributed by atoms with Crippen molar-refractivity contribution in [3.63, 3.8) is 0 Å². The smallest absolute Gasteiger partial charge is 0.175 e. The van der Waals surface area contributed by atoms with E-state index in [1.165, 1.54) is 25.5 Å². The number of phenolic OH excluding ortho intramolecular Hbond substituents is 1. The molecule has 0 saturated carbocycles. The highest BCUT2D eigenvalue weighted by atomic mass is 35.5. The maximum Gasteiger partial charge on any atom is 0.175 e. The number of sulfone groups is 1. The second kappa shape index (κ2) is 11.1. The predicted octanol–water partition coefficient (Wildman–Crippen LogP) is 6.38. The van der Waals surface area contributed by atoms with Crippen LogP contribution < -0.4 is 9.47 Å². The molecule has 8 heteroatoms. The second-order valence-corrected chi connectivity index (χ2v) is 12.2. The van der Waals surface area contributed by atoms with Crippen molar-refractivity contribution in [2.45, 2.75) is 30.3 Å². The van der Waals surface area contributed by atoms with E-state index in [4.69, 9.17) is 9.47 Å². The Morgan fingerprint density at radius 3 is 2.41 bits per heavy atom. The van der Waals surface area contributed by atoms with E-state index in [-0.39, 0.29) is 23.1 Å². The Labute approximate surface area is 235 Å². The van der Waals surface area contributed by atoms with Gasteiger partial charge in [0.15, 0.2) is 15.9 Å². The molecule has 6 nitrogen and oxygen atoms in total. The molecule has 39 heavy (non-hydrogen) atoms. The van der Waals surface area contributed by atoms with E-state index < -0.39 is 15.9 Å². The molecule has 1 saturated heterocycles. The van der Waals surface area contributed by atoms with Gasteiger partial charge in [-0.2, -0.15) is 0 Å². The van der Waals surface area contributed by atoms with Crippen molar-refractivity contribution in [2.75, 3.05) is 32.5 Å². The molecule has 1 fully saturated rings. The van der Waals surface area contributed by atoms with Crippen LogP contribution in [0.5, 0.6) is 17.2 Å². The molecule has 0 aromatic heterocycles. The lowest BCUT2D eigenvalue weighted by atomic mass is 9.86. The van der Waals surface area contributed by atoms with Crippen molar-refractivity contribution in [3.05, 3.63) is 83.9 Å². The summed E-state index contributed by atoms with van der Waals surface area (Å²) >= 11 is 0. The summed E-state index contributed by atoms with van der Waals surface area (Å²) in [4.78, 5) is 2.68. The summed E-state index contributed by atoms with van der Waals surface area (Å²) in [6, 6.07) is 22.3. The number of fused-ring (bicyclic) bond motifs is 5. The van der Waals surface area contributed by atoms with Crippen LogP contribution in [0.2, 0.25) is 0 Å². The van der Waals surface area contributed by atoms with Crippen LogP contribution in [-0.4, -0.2) is 50.9 Å². The van der Waals surface area contributed by atoms with Gasteiger partial charge in [0, 0.05) is 23.9 Å². The van der Waals surface area contributed by atoms with E-state index in [0.29, 0.717) is 12.4 Å². The molecule has 0 aliphatic carbocycles. The van der Waals surface area contributed by atoms with Crippen LogP contribution in [0.4, 0.5) is 0 Å². The zero-order chi connectivity index (χ0) is 26.3. The van der Waals surface area contributed by atoms with Crippen molar-refractivity contribution in [3.8, 4) is 28.4 Å². The third kappa shape index (κ3) is 5.57. The van der Waals surface area contributed by atoms with Gasteiger partial charge in [-0.15, -0.1) is 12.4 Å². The number of likely N-dealkylation sites (tertiary alicyclic amines) is 1. The minimum atomic E-state index is -3.39. The number of nitrogens with zero attached hydrogens (tertiary/aromatic N) is 1. The van der Waals surface area contributed by atoms with Crippen LogP contribution in [0.25, 0.3) is 21.9 Å². The van der Waals surface area contributed by atoms with Crippen molar-refractivity contribution in [2.24, 2.45) is 0 Å². The molecule has 1 unspecified atom stereocenters. The third-order valence-corrected chi connectivity index (χ3v) is 8.64. The van der Waals surface area contributed by atoms with E-state index in [9.17, 15) is 13.5 Å². The Balaban J connectivity index is 0.00000308. The van der Waals surface area contributed by atoms with Crippen LogP contribution in [0.15, 0.2) is 77.7 Å². The highest BCUT2D eigenvalue weighted by Crippen LogP contribution is 2.48. The topological polar surface area (TPSA) is 76.1 Å². The van der Waals surface area contributed by atoms with Gasteiger partial charge in [-0.05, 0) is 90.3 Å². The first kappa shape index (κ1) is 27.3. The Morgan fingerprint density at radius 2 is 1.67 bits per heavy atom. The summed E-state index contributed by atoms with van der Waals surface area (Å²) in [6.07, 6.45) is 4.60. The number of ether oxygens (including phenoxy) is 2. The summed E-state index contributed by atoms with van der Waals surface area (Å²) < 4.78 is 37.1. The Kier molecular flexibility index (Phi) is 7.76. The van der Waals surface area contributed by atoms with Crippen LogP contribution in [0.1, 0.15) is 36.5 Å². The second-order valence-electron chi connectivity index (χ2n) is 10.2. The largest absolute Gasteiger partial charge is 0.508 e. The van der Waals surface area contributed by atoms with Crippen LogP contribution in [0, 0.1) is 0 Å². The zero-order valence-electron chi connectivity index (χ0n) is 21.8. The lowest BCUT2D eigenvalue weighted by Gasteiger charge is -2.31. The Morgan fingerprint density at radius 1 is 0.923 bits per heavy atom. The number of hydrogen-bond donors (Lipinski definition) is 1. The highest BCUT2D eigenvalue weighted by Gasteiger charge is 2.30. The van der Waals surface area contributed by atoms with E-state index in [2.05, 4.69) is 4.90 Å². The van der Waals surface area contributed by atoms with Crippen molar-refractivity contribution >= 4 is 33.0 Å². The number of hydrogen-bond acceptors (Lipinski definition) is 6. The Bertz CT molecular complexity index is 1600. The standard InChI is InChI=1S/C31H31NO5S.ClH/c1-38(34,35)25-11-14-27-28-12-7-22-19-23(33)8-13-26(22)30(28)31(37-29(27)20-25)21-5-9-24(10-6-21)36-18-17-32-15-3-2-4-16-32;/h5-14,19-20,31,33H,2-4,15-18H2,1H3;1H. The maximum atomic E-state index is 12.3. The molecule has 0 spiro atoms. The summed E-state index contributed by atoms with van der Waals surface area (Å²) in [5, 5.41) is 11.9. The lowest BCUT2D eigenvalue weighted by Crippen LogP contribution is -2.33. The minimum Gasteiger partial charge on any atom is -0.508 e. The average Bonchev–Trinajstić information content (AvgIpc) is 2.92. The fourth-order valence-electron chi connectivity index (χ4n) is 5.55. The number of rotatable bonds is 6. The molecule has 2 heterocycles. The molecular weight excluding hydrogens is 534 g/mol. The van der Waals surface area contributed by atoms with E-state index >= 15 is 0 Å². The summed E-state index contributed by atoms with van der Waals surface area (Å²) in [7, 11) is -3.39. The first-order valence-electron chi connectivity index (χ1n) is 13.1. The van der Waals surface area contributed by atoms with Gasteiger partial charge in [0.2, 0.25) is 0 Å². The first-order valence-corrected chi connectivity index (χ1v) is 15.0. The van der Waals surface area contributed by atoms with Gasteiger partial charge < -0.3 is 14.6 Å². The first-order chi connectivity index (χ1) is 18.4. The fraction of sp³-hybridized carbons (Fsp3) is 0.290. The zero-order valence-corrected chi connectivity index (χ0v) is 23.4. The van der Waals surface area contributed by atoms with Gasteiger partial charge in [0.1, 0.15) is 23.9 Å². The number of aromatic hydroxyl groups is 1. The molecule has 0 amide bonds. The molecule has 1 atom stereocenters. The maximum absolute atomic E-state index is 12.3. The molecule has 2 aliphatic heterocycles.